The SMILES string of the molecule is C1=CC2[CH-]C3CCCCC3C2C=C1.CCC1=[C-]CC=C1CC.C[Si](C)=[Hf+2].Cl.Cl. The summed E-state index contributed by atoms with van der Waals surface area (Å²) in [6, 6.07) is 0. The van der Waals surface area contributed by atoms with Gasteiger partial charge in [0.1, 0.15) is 0 Å². The molecule has 0 amide bonds. The van der Waals surface area contributed by atoms with Crippen LogP contribution in [0.1, 0.15) is 58.8 Å². The first-order valence-corrected chi connectivity index (χ1v) is 18.5. The molecule has 156 valence electrons. The van der Waals surface area contributed by atoms with Crippen molar-refractivity contribution in [1.82, 2.24) is 0 Å². The Labute approximate surface area is 201 Å². The molecule has 0 heterocycles. The standard InChI is InChI=1S/C13H17.C9H13.C2H6Si.2ClH.Hf/c1-3-7-12-10(5-1)9-11-6-2-4-8-13(11)12;1-3-8-6-5-7-9(8)4-2;1-3-2;;;/h1,3,5,7,9-13H,2,4,6,8H2;6H,3-5H2,1-2H3;1-2H3;2*1H;/q2*-1;;;;+2. The van der Waals surface area contributed by atoms with Crippen molar-refractivity contribution in [3.05, 3.63) is 54.0 Å². The Bertz CT molecular complexity index is 569. The minimum absolute atomic E-state index is 0. The quantitative estimate of drug-likeness (QED) is 0.223. The van der Waals surface area contributed by atoms with Crippen molar-refractivity contribution in [2.24, 2.45) is 23.7 Å². The van der Waals surface area contributed by atoms with E-state index in [0.29, 0.717) is 0 Å². The maximum absolute atomic E-state index is 3.33. The Morgan fingerprint density at radius 1 is 1.07 bits per heavy atom. The second kappa shape index (κ2) is 15.4. The zero-order valence-electron chi connectivity index (χ0n) is 18.0. The number of fused-ring (bicyclic) bond motifs is 3. The average molecular weight is 604 g/mol. The van der Waals surface area contributed by atoms with E-state index in [9.17, 15) is 0 Å². The van der Waals surface area contributed by atoms with Crippen LogP contribution >= 0.6 is 24.8 Å². The monoisotopic (exact) mass is 604 g/mol. The summed E-state index contributed by atoms with van der Waals surface area (Å²) in [7, 11) is 0. The van der Waals surface area contributed by atoms with Gasteiger partial charge < -0.3 is 6.42 Å². The molecule has 4 atom stereocenters. The Kier molecular flexibility index (Phi) is 15.8. The van der Waals surface area contributed by atoms with E-state index >= 15 is 0 Å². The molecule has 0 aromatic heterocycles. The van der Waals surface area contributed by atoms with Crippen LogP contribution in [0.2, 0.25) is 13.1 Å². The molecule has 4 aliphatic carbocycles. The third-order valence-electron chi connectivity index (χ3n) is 5.85. The molecule has 4 unspecified atom stereocenters. The third kappa shape index (κ3) is 8.78. The van der Waals surface area contributed by atoms with Crippen molar-refractivity contribution in [2.75, 3.05) is 0 Å². The summed E-state index contributed by atoms with van der Waals surface area (Å²) < 4.78 is 0. The zero-order chi connectivity index (χ0) is 18.9. The molecule has 0 N–H and O–H groups in total. The van der Waals surface area contributed by atoms with E-state index in [2.05, 4.69) is 69.8 Å². The molecule has 0 aromatic rings. The van der Waals surface area contributed by atoms with Crippen molar-refractivity contribution in [1.29, 1.82) is 0 Å². The first kappa shape index (κ1) is 28.6. The molecule has 0 aromatic carbocycles. The summed E-state index contributed by atoms with van der Waals surface area (Å²) in [6.07, 6.45) is 26.8. The number of halogens is 2. The summed E-state index contributed by atoms with van der Waals surface area (Å²) in [6.45, 7) is 9.05. The molecule has 0 spiro atoms. The molecule has 4 heteroatoms. The Hall–Kier alpha value is 0.627. The predicted molar refractivity (Wildman–Crippen MR) is 127 cm³/mol. The van der Waals surface area contributed by atoms with Gasteiger partial charge in [-0.05, 0) is 5.92 Å². The number of allylic oxidation sites excluding steroid dienone is 8. The fraction of sp³-hybridized carbons (Fsp3) is 0.625. The number of hydrogen-bond donors (Lipinski definition) is 0. The molecule has 0 bridgehead atoms. The van der Waals surface area contributed by atoms with E-state index in [1.807, 2.05) is 0 Å². The minimum atomic E-state index is 0. The van der Waals surface area contributed by atoms with Crippen LogP contribution in [0, 0.1) is 36.2 Å². The van der Waals surface area contributed by atoms with Crippen LogP contribution in [0.15, 0.2) is 41.5 Å². The molecule has 0 aliphatic heterocycles. The topological polar surface area (TPSA) is 0 Å². The van der Waals surface area contributed by atoms with Gasteiger partial charge in [0, 0.05) is 0 Å². The van der Waals surface area contributed by atoms with E-state index in [1.165, 1.54) is 66.3 Å². The maximum atomic E-state index is 3.33. The molecular weight excluding hydrogens is 566 g/mol. The van der Waals surface area contributed by atoms with Gasteiger partial charge in [0.05, 0.1) is 0 Å². The fourth-order valence-electron chi connectivity index (χ4n) is 4.70. The van der Waals surface area contributed by atoms with E-state index in [-0.39, 0.29) is 30.3 Å². The van der Waals surface area contributed by atoms with E-state index in [0.717, 1.165) is 36.5 Å². The zero-order valence-corrected chi connectivity index (χ0v) is 24.3. The summed E-state index contributed by atoms with van der Waals surface area (Å²) in [5.74, 6) is 3.56. The summed E-state index contributed by atoms with van der Waals surface area (Å²) in [4.78, 5) is 0. The third-order valence-corrected chi connectivity index (χ3v) is 5.85. The fourth-order valence-corrected chi connectivity index (χ4v) is 4.70. The first-order chi connectivity index (χ1) is 12.6. The molecular formula is C24H38Cl2HfSi. The maximum Gasteiger partial charge on any atom is -0.147 e. The molecule has 2 saturated carbocycles. The smallest absolute Gasteiger partial charge is 0.147 e. The van der Waals surface area contributed by atoms with Crippen molar-refractivity contribution in [2.45, 2.75) is 71.9 Å². The van der Waals surface area contributed by atoms with E-state index in [1.54, 1.807) is 0 Å². The second-order valence-electron chi connectivity index (χ2n) is 8.03. The summed E-state index contributed by atoms with van der Waals surface area (Å²) in [5, 5.41) is 0. The van der Waals surface area contributed by atoms with Crippen LogP contribution in [-0.2, 0) is 23.0 Å². The predicted octanol–water partition coefficient (Wildman–Crippen LogP) is 7.86. The van der Waals surface area contributed by atoms with Gasteiger partial charge in [-0.15, -0.1) is 43.2 Å². The van der Waals surface area contributed by atoms with Gasteiger partial charge in [-0.2, -0.15) is 17.6 Å². The van der Waals surface area contributed by atoms with Gasteiger partial charge in [-0.25, -0.2) is 5.57 Å². The molecule has 2 fully saturated rings. The van der Waals surface area contributed by atoms with Gasteiger partial charge in [-0.1, -0.05) is 76.5 Å². The summed E-state index contributed by atoms with van der Waals surface area (Å²) in [5.41, 5.74) is 3.21. The molecule has 4 rings (SSSR count). The molecule has 4 aliphatic rings. The van der Waals surface area contributed by atoms with Crippen LogP contribution in [0.25, 0.3) is 0 Å². The van der Waals surface area contributed by atoms with Gasteiger partial charge in [0.15, 0.2) is 0 Å². The van der Waals surface area contributed by atoms with Gasteiger partial charge in [0.2, 0.25) is 0 Å². The molecule has 0 radical (unpaired) electrons. The normalized spacial score (nSPS) is 28.6. The van der Waals surface area contributed by atoms with E-state index in [4.69, 9.17) is 0 Å². The average Bonchev–Trinajstić information content (AvgIpc) is 3.25. The largest absolute Gasteiger partial charge is 0.147 e. The van der Waals surface area contributed by atoms with Crippen molar-refractivity contribution in [3.8, 4) is 0 Å². The van der Waals surface area contributed by atoms with Crippen LogP contribution in [0.3, 0.4) is 0 Å². The van der Waals surface area contributed by atoms with Crippen LogP contribution < -0.4 is 0 Å². The van der Waals surface area contributed by atoms with Crippen molar-refractivity contribution < 1.29 is 23.0 Å². The second-order valence-corrected chi connectivity index (χ2v) is 20.8. The summed E-state index contributed by atoms with van der Waals surface area (Å²) >= 11 is 1.45. The van der Waals surface area contributed by atoms with E-state index < -0.39 is 0 Å². The Morgan fingerprint density at radius 2 is 1.71 bits per heavy atom. The van der Waals surface area contributed by atoms with Gasteiger partial charge >= 0.3 is 41.6 Å². The van der Waals surface area contributed by atoms with Crippen molar-refractivity contribution >= 4 is 30.3 Å². The Morgan fingerprint density at radius 3 is 2.32 bits per heavy atom. The number of hydrogen-bond acceptors (Lipinski definition) is 0. The Balaban J connectivity index is 0.000000432. The van der Waals surface area contributed by atoms with Gasteiger partial charge in [-0.3, -0.25) is 6.08 Å². The minimum Gasteiger partial charge on any atom is -0.147 e. The van der Waals surface area contributed by atoms with Crippen LogP contribution in [0.4, 0.5) is 0 Å². The van der Waals surface area contributed by atoms with Crippen molar-refractivity contribution in [3.63, 3.8) is 0 Å². The van der Waals surface area contributed by atoms with Gasteiger partial charge in [0.25, 0.3) is 0 Å². The van der Waals surface area contributed by atoms with Crippen LogP contribution in [0.5, 0.6) is 0 Å². The number of rotatable bonds is 2. The first-order valence-electron chi connectivity index (χ1n) is 10.6. The molecule has 0 nitrogen and oxygen atoms in total. The molecule has 0 saturated heterocycles. The molecule has 28 heavy (non-hydrogen) atoms. The van der Waals surface area contributed by atoms with Crippen LogP contribution in [-0.4, -0.2) is 5.49 Å².